The summed E-state index contributed by atoms with van der Waals surface area (Å²) >= 11 is 1.40. The molecular formula is C16H17N3O2S. The molecule has 0 fully saturated rings. The van der Waals surface area contributed by atoms with E-state index in [4.69, 9.17) is 0 Å². The third-order valence-corrected chi connectivity index (χ3v) is 4.48. The second-order valence-electron chi connectivity index (χ2n) is 5.50. The Hall–Kier alpha value is -2.21. The van der Waals surface area contributed by atoms with E-state index in [1.807, 2.05) is 22.4 Å². The van der Waals surface area contributed by atoms with Gasteiger partial charge in [0.25, 0.3) is 0 Å². The number of nitrogens with zero attached hydrogens (tertiary/aromatic N) is 2. The molecule has 2 heterocycles. The van der Waals surface area contributed by atoms with Crippen molar-refractivity contribution in [3.8, 4) is 11.3 Å². The summed E-state index contributed by atoms with van der Waals surface area (Å²) in [6, 6.07) is 6.22. The number of hydrogen-bond donors (Lipinski definition) is 1. The Morgan fingerprint density at radius 3 is 2.82 bits per heavy atom. The molecule has 1 aromatic carbocycles. The number of anilines is 2. The molecule has 114 valence electrons. The maximum absolute atomic E-state index is 11.8. The van der Waals surface area contributed by atoms with Gasteiger partial charge in [-0.05, 0) is 31.0 Å². The molecule has 5 nitrogen and oxygen atoms in total. The fraction of sp³-hybridized carbons (Fsp3) is 0.312. The van der Waals surface area contributed by atoms with E-state index in [1.54, 1.807) is 6.92 Å². The van der Waals surface area contributed by atoms with Crippen molar-refractivity contribution in [2.45, 2.75) is 33.2 Å². The number of carbonyl (C=O) groups is 2. The minimum Gasteiger partial charge on any atom is -0.309 e. The number of thiazole rings is 1. The van der Waals surface area contributed by atoms with Gasteiger partial charge in [0.15, 0.2) is 5.13 Å². The molecule has 1 N–H and O–H groups in total. The smallest absolute Gasteiger partial charge is 0.224 e. The Morgan fingerprint density at radius 2 is 2.14 bits per heavy atom. The van der Waals surface area contributed by atoms with E-state index in [2.05, 4.69) is 23.3 Å². The van der Waals surface area contributed by atoms with Crippen LogP contribution in [0.2, 0.25) is 0 Å². The summed E-state index contributed by atoms with van der Waals surface area (Å²) in [7, 11) is 0. The number of amides is 2. The maximum atomic E-state index is 11.8. The lowest BCUT2D eigenvalue weighted by molar-refractivity contribution is -0.117. The first kappa shape index (κ1) is 14.7. The lowest BCUT2D eigenvalue weighted by Gasteiger charge is -2.20. The van der Waals surface area contributed by atoms with Gasteiger partial charge in [0.2, 0.25) is 11.8 Å². The summed E-state index contributed by atoms with van der Waals surface area (Å²) in [4.78, 5) is 29.1. The number of carbonyl (C=O) groups excluding carboxylic acids is 2. The van der Waals surface area contributed by atoms with Crippen LogP contribution in [0.5, 0.6) is 0 Å². The quantitative estimate of drug-likeness (QED) is 0.926. The fourth-order valence-electron chi connectivity index (χ4n) is 2.88. The van der Waals surface area contributed by atoms with E-state index in [1.165, 1.54) is 18.3 Å². The van der Waals surface area contributed by atoms with Crippen molar-refractivity contribution in [1.82, 2.24) is 4.98 Å². The van der Waals surface area contributed by atoms with Gasteiger partial charge in [-0.25, -0.2) is 4.98 Å². The molecule has 6 heteroatoms. The predicted octanol–water partition coefficient (Wildman–Crippen LogP) is 3.07. The topological polar surface area (TPSA) is 62.3 Å². The zero-order valence-electron chi connectivity index (χ0n) is 12.7. The van der Waals surface area contributed by atoms with Gasteiger partial charge >= 0.3 is 0 Å². The molecule has 0 aliphatic carbocycles. The van der Waals surface area contributed by atoms with Gasteiger partial charge in [-0.15, -0.1) is 11.3 Å². The van der Waals surface area contributed by atoms with Crippen molar-refractivity contribution in [2.24, 2.45) is 0 Å². The second kappa shape index (κ2) is 5.53. The molecule has 0 bridgehead atoms. The first-order valence-corrected chi connectivity index (χ1v) is 8.00. The molecule has 1 aromatic heterocycles. The van der Waals surface area contributed by atoms with Gasteiger partial charge in [0.1, 0.15) is 0 Å². The number of aromatic nitrogens is 1. The Morgan fingerprint density at radius 1 is 1.36 bits per heavy atom. The van der Waals surface area contributed by atoms with Crippen LogP contribution in [-0.2, 0) is 16.0 Å². The van der Waals surface area contributed by atoms with Crippen LogP contribution in [0.25, 0.3) is 11.3 Å². The summed E-state index contributed by atoms with van der Waals surface area (Å²) < 4.78 is 0. The minimum atomic E-state index is -0.124. The Bertz CT molecular complexity index is 754. The van der Waals surface area contributed by atoms with Gasteiger partial charge in [-0.1, -0.05) is 6.07 Å². The number of nitrogens with one attached hydrogen (secondary N) is 1. The van der Waals surface area contributed by atoms with E-state index in [9.17, 15) is 9.59 Å². The maximum Gasteiger partial charge on any atom is 0.224 e. The summed E-state index contributed by atoms with van der Waals surface area (Å²) in [6.07, 6.45) is 0.853. The average Bonchev–Trinajstić information content (AvgIpc) is 3.00. The van der Waals surface area contributed by atoms with Crippen LogP contribution in [-0.4, -0.2) is 22.8 Å². The highest BCUT2D eigenvalue weighted by atomic mass is 32.1. The molecule has 3 rings (SSSR count). The standard InChI is InChI=1S/C16H17N3O2S/c1-9-6-13-7-12(4-5-15(13)19(9)11(3)21)14-8-22-16(18-14)17-10(2)20/h4-5,7-9H,6H2,1-3H3,(H,17,18,20)/t9-/m0/s1. The zero-order chi connectivity index (χ0) is 15.9. The highest BCUT2D eigenvalue weighted by Gasteiger charge is 2.29. The van der Waals surface area contributed by atoms with E-state index in [0.717, 1.165) is 28.9 Å². The number of hydrogen-bond acceptors (Lipinski definition) is 4. The van der Waals surface area contributed by atoms with Gasteiger partial charge in [0, 0.05) is 36.5 Å². The Balaban J connectivity index is 1.92. The largest absolute Gasteiger partial charge is 0.309 e. The van der Waals surface area contributed by atoms with Crippen LogP contribution in [0.1, 0.15) is 26.3 Å². The van der Waals surface area contributed by atoms with E-state index < -0.39 is 0 Å². The monoisotopic (exact) mass is 315 g/mol. The van der Waals surface area contributed by atoms with E-state index in [0.29, 0.717) is 5.13 Å². The summed E-state index contributed by atoms with van der Waals surface area (Å²) in [5.41, 5.74) is 3.99. The molecule has 0 unspecified atom stereocenters. The highest BCUT2D eigenvalue weighted by Crippen LogP contribution is 2.36. The Kier molecular flexibility index (Phi) is 3.70. The lowest BCUT2D eigenvalue weighted by Crippen LogP contribution is -2.33. The van der Waals surface area contributed by atoms with Crippen LogP contribution in [0.4, 0.5) is 10.8 Å². The summed E-state index contributed by atoms with van der Waals surface area (Å²) in [5, 5.41) is 5.22. The Labute approximate surface area is 133 Å². The van der Waals surface area contributed by atoms with Crippen molar-refractivity contribution in [1.29, 1.82) is 0 Å². The van der Waals surface area contributed by atoms with E-state index in [-0.39, 0.29) is 17.9 Å². The lowest BCUT2D eigenvalue weighted by atomic mass is 10.1. The summed E-state index contributed by atoms with van der Waals surface area (Å²) in [5.74, 6) is -0.0543. The minimum absolute atomic E-state index is 0.0700. The van der Waals surface area contributed by atoms with Gasteiger partial charge in [-0.2, -0.15) is 0 Å². The van der Waals surface area contributed by atoms with Crippen LogP contribution >= 0.6 is 11.3 Å². The number of rotatable bonds is 2. The van der Waals surface area contributed by atoms with Crippen LogP contribution in [0, 0.1) is 0 Å². The predicted molar refractivity (Wildman–Crippen MR) is 88.2 cm³/mol. The molecule has 0 saturated carbocycles. The fourth-order valence-corrected chi connectivity index (χ4v) is 3.65. The van der Waals surface area contributed by atoms with Gasteiger partial charge < -0.3 is 10.2 Å². The second-order valence-corrected chi connectivity index (χ2v) is 6.36. The van der Waals surface area contributed by atoms with Crippen molar-refractivity contribution in [2.75, 3.05) is 10.2 Å². The van der Waals surface area contributed by atoms with Crippen molar-refractivity contribution in [3.05, 3.63) is 29.1 Å². The third-order valence-electron chi connectivity index (χ3n) is 3.72. The molecule has 0 radical (unpaired) electrons. The van der Waals surface area contributed by atoms with Crippen LogP contribution in [0.15, 0.2) is 23.6 Å². The average molecular weight is 315 g/mol. The van der Waals surface area contributed by atoms with Crippen LogP contribution in [0.3, 0.4) is 0 Å². The van der Waals surface area contributed by atoms with Crippen molar-refractivity contribution < 1.29 is 9.59 Å². The first-order chi connectivity index (χ1) is 10.5. The SMILES string of the molecule is CC(=O)Nc1nc(-c2ccc3c(c2)C[C@H](C)N3C(C)=O)cs1. The molecule has 0 spiro atoms. The van der Waals surface area contributed by atoms with Crippen molar-refractivity contribution in [3.63, 3.8) is 0 Å². The molecule has 2 aromatic rings. The third kappa shape index (κ3) is 2.62. The molecule has 1 aliphatic heterocycles. The number of benzene rings is 1. The molecule has 22 heavy (non-hydrogen) atoms. The summed E-state index contributed by atoms with van der Waals surface area (Å²) in [6.45, 7) is 5.12. The molecule has 0 saturated heterocycles. The first-order valence-electron chi connectivity index (χ1n) is 7.12. The normalized spacial score (nSPS) is 16.5. The molecule has 2 amide bonds. The highest BCUT2D eigenvalue weighted by molar-refractivity contribution is 7.14. The number of fused-ring (bicyclic) bond motifs is 1. The van der Waals surface area contributed by atoms with Crippen LogP contribution < -0.4 is 10.2 Å². The molecule has 1 aliphatic rings. The van der Waals surface area contributed by atoms with E-state index >= 15 is 0 Å². The van der Waals surface area contributed by atoms with Gasteiger partial charge in [-0.3, -0.25) is 9.59 Å². The van der Waals surface area contributed by atoms with Crippen molar-refractivity contribution >= 4 is 34.0 Å². The van der Waals surface area contributed by atoms with Gasteiger partial charge in [0.05, 0.1) is 5.69 Å². The zero-order valence-corrected chi connectivity index (χ0v) is 13.5. The molecule has 1 atom stereocenters. The molecular weight excluding hydrogens is 298 g/mol.